The Balaban J connectivity index is 1.82. The zero-order chi connectivity index (χ0) is 24.4. The molecule has 0 radical (unpaired) electrons. The van der Waals surface area contributed by atoms with Gasteiger partial charge in [-0.2, -0.15) is 18.4 Å². The summed E-state index contributed by atoms with van der Waals surface area (Å²) in [5.41, 5.74) is -1.49. The maximum Gasteiger partial charge on any atom is 0.417 e. The van der Waals surface area contributed by atoms with Gasteiger partial charge >= 0.3 is 6.18 Å². The number of thiocarbonyl (C=S) groups is 1. The van der Waals surface area contributed by atoms with E-state index in [9.17, 15) is 18.0 Å². The van der Waals surface area contributed by atoms with Gasteiger partial charge in [-0.05, 0) is 48.7 Å². The van der Waals surface area contributed by atoms with E-state index < -0.39 is 22.7 Å². The van der Waals surface area contributed by atoms with Gasteiger partial charge in [0.1, 0.15) is 12.4 Å². The summed E-state index contributed by atoms with van der Waals surface area (Å²) >= 11 is 5.57. The van der Waals surface area contributed by atoms with Crippen LogP contribution in [0.1, 0.15) is 37.0 Å². The fourth-order valence-corrected chi connectivity index (χ4v) is 4.56. The van der Waals surface area contributed by atoms with Gasteiger partial charge in [0.05, 0.1) is 39.9 Å². The number of nitrogens with zero attached hydrogens (tertiary/aromatic N) is 2. The molecular weight excluding hydrogens is 453 g/mol. The Morgan fingerprint density at radius 2 is 1.88 bits per heavy atom. The molecule has 3 rings (SSSR count). The lowest BCUT2D eigenvalue weighted by Crippen LogP contribution is -2.32. The lowest BCUT2D eigenvalue weighted by Gasteiger charge is -2.22. The molecule has 33 heavy (non-hydrogen) atoms. The second-order valence-corrected chi connectivity index (χ2v) is 8.77. The lowest BCUT2D eigenvalue weighted by molar-refractivity contribution is -0.137. The Morgan fingerprint density at radius 1 is 1.21 bits per heavy atom. The van der Waals surface area contributed by atoms with Crippen molar-refractivity contribution in [3.8, 4) is 11.8 Å². The highest BCUT2D eigenvalue weighted by atomic mass is 32.1. The van der Waals surface area contributed by atoms with Gasteiger partial charge in [0.15, 0.2) is 0 Å². The average Bonchev–Trinajstić information content (AvgIpc) is 2.94. The van der Waals surface area contributed by atoms with Crippen molar-refractivity contribution < 1.29 is 27.8 Å². The van der Waals surface area contributed by atoms with Crippen molar-refractivity contribution in [1.82, 2.24) is 0 Å². The number of carbonyl (C=O) groups is 1. The molecule has 1 unspecified atom stereocenters. The van der Waals surface area contributed by atoms with E-state index in [1.807, 2.05) is 12.1 Å². The molecule has 1 heterocycles. The number of nitriles is 1. The monoisotopic (exact) mass is 476 g/mol. The predicted octanol–water partition coefficient (Wildman–Crippen LogP) is 4.90. The van der Waals surface area contributed by atoms with Crippen molar-refractivity contribution in [1.29, 1.82) is 5.26 Å². The van der Waals surface area contributed by atoms with Crippen LogP contribution in [0.2, 0.25) is 0 Å². The molecule has 1 saturated heterocycles. The van der Waals surface area contributed by atoms with Crippen LogP contribution in [0.15, 0.2) is 42.5 Å². The first-order valence-corrected chi connectivity index (χ1v) is 10.7. The second kappa shape index (κ2) is 9.49. The summed E-state index contributed by atoms with van der Waals surface area (Å²) in [6.45, 7) is 3.61. The zero-order valence-electron chi connectivity index (χ0n) is 18.1. The number of aryl methyl sites for hydroxylation is 1. The number of benzene rings is 2. The normalized spacial score (nSPS) is 17.8. The molecule has 1 aliphatic rings. The highest BCUT2D eigenvalue weighted by Gasteiger charge is 2.51. The van der Waals surface area contributed by atoms with E-state index in [1.54, 1.807) is 32.0 Å². The van der Waals surface area contributed by atoms with Crippen molar-refractivity contribution in [3.05, 3.63) is 59.2 Å². The van der Waals surface area contributed by atoms with Crippen LogP contribution in [0.4, 0.5) is 18.9 Å². The molecule has 174 valence electrons. The first kappa shape index (κ1) is 24.7. The summed E-state index contributed by atoms with van der Waals surface area (Å²) in [6, 6.07) is 12.1. The third-order valence-electron chi connectivity index (χ3n) is 5.84. The molecule has 0 saturated carbocycles. The molecule has 0 spiro atoms. The maximum absolute atomic E-state index is 13.4. The zero-order valence-corrected chi connectivity index (χ0v) is 19.0. The quantitative estimate of drug-likeness (QED) is 0.576. The minimum atomic E-state index is -4.73. The van der Waals surface area contributed by atoms with Crippen molar-refractivity contribution in [2.45, 2.75) is 32.9 Å². The SMILES string of the molecule is CC1(C)C(=O)N(c2ccc(C#N)c(C(F)(F)F)c2)C(=S)C1CCc1ccc(OCCO)cc1. The smallest absolute Gasteiger partial charge is 0.417 e. The fourth-order valence-electron chi connectivity index (χ4n) is 3.96. The van der Waals surface area contributed by atoms with E-state index in [1.165, 1.54) is 11.0 Å². The van der Waals surface area contributed by atoms with Gasteiger partial charge < -0.3 is 9.84 Å². The molecule has 1 amide bonds. The number of alkyl halides is 3. The van der Waals surface area contributed by atoms with Crippen molar-refractivity contribution in [2.75, 3.05) is 18.1 Å². The summed E-state index contributed by atoms with van der Waals surface area (Å²) in [7, 11) is 0. The molecular formula is C24H23F3N2O3S. The molecule has 1 N–H and O–H groups in total. The van der Waals surface area contributed by atoms with Crippen LogP contribution in [0.3, 0.4) is 0 Å². The third kappa shape index (κ3) is 5.02. The Morgan fingerprint density at radius 3 is 2.45 bits per heavy atom. The third-order valence-corrected chi connectivity index (χ3v) is 6.30. The standard InChI is InChI=1S/C24H23F3N2O3S/c1-23(2)19(10-5-15-3-8-18(9-4-15)32-12-11-30)21(33)29(22(23)31)17-7-6-16(14-28)20(13-17)24(25,26)27/h3-4,6-9,13,19,30H,5,10-12H2,1-2H3. The minimum absolute atomic E-state index is 0.0114. The molecule has 0 aromatic heterocycles. The second-order valence-electron chi connectivity index (χ2n) is 8.35. The number of aliphatic hydroxyl groups is 1. The summed E-state index contributed by atoms with van der Waals surface area (Å²) in [6.07, 6.45) is -3.59. The fraction of sp³-hybridized carbons (Fsp3) is 0.375. The summed E-state index contributed by atoms with van der Waals surface area (Å²) in [5.74, 6) is -0.0921. The largest absolute Gasteiger partial charge is 0.491 e. The lowest BCUT2D eigenvalue weighted by atomic mass is 9.78. The van der Waals surface area contributed by atoms with Crippen LogP contribution in [-0.4, -0.2) is 29.2 Å². The average molecular weight is 477 g/mol. The van der Waals surface area contributed by atoms with Gasteiger partial charge in [-0.3, -0.25) is 9.69 Å². The number of hydrogen-bond acceptors (Lipinski definition) is 5. The van der Waals surface area contributed by atoms with Crippen LogP contribution < -0.4 is 9.64 Å². The van der Waals surface area contributed by atoms with Gasteiger partial charge in [-0.1, -0.05) is 38.2 Å². The summed E-state index contributed by atoms with van der Waals surface area (Å²) in [5, 5.41) is 17.9. The van der Waals surface area contributed by atoms with Crippen LogP contribution in [0.25, 0.3) is 0 Å². The van der Waals surface area contributed by atoms with Crippen LogP contribution >= 0.6 is 12.2 Å². The summed E-state index contributed by atoms with van der Waals surface area (Å²) in [4.78, 5) is 14.6. The van der Waals surface area contributed by atoms with Crippen LogP contribution in [0, 0.1) is 22.7 Å². The number of halogens is 3. The Hall–Kier alpha value is -2.96. The van der Waals surface area contributed by atoms with Gasteiger partial charge in [0, 0.05) is 5.92 Å². The minimum Gasteiger partial charge on any atom is -0.491 e. The number of anilines is 1. The van der Waals surface area contributed by atoms with Crippen LogP contribution in [0.5, 0.6) is 5.75 Å². The van der Waals surface area contributed by atoms with Gasteiger partial charge in [-0.25, -0.2) is 0 Å². The number of ether oxygens (including phenoxy) is 1. The topological polar surface area (TPSA) is 73.6 Å². The molecule has 1 atom stereocenters. The van der Waals surface area contributed by atoms with Crippen molar-refractivity contribution >= 4 is 28.8 Å². The van der Waals surface area contributed by atoms with E-state index in [-0.39, 0.29) is 35.7 Å². The predicted molar refractivity (Wildman–Crippen MR) is 121 cm³/mol. The Labute approximate surface area is 195 Å². The first-order chi connectivity index (χ1) is 15.5. The number of hydrogen-bond donors (Lipinski definition) is 1. The first-order valence-electron chi connectivity index (χ1n) is 10.3. The number of aliphatic hydroxyl groups excluding tert-OH is 1. The molecule has 2 aromatic carbocycles. The van der Waals surface area contributed by atoms with E-state index in [4.69, 9.17) is 27.3 Å². The molecule has 2 aromatic rings. The highest BCUT2D eigenvalue weighted by Crippen LogP contribution is 2.44. The van der Waals surface area contributed by atoms with Gasteiger partial charge in [0.25, 0.3) is 0 Å². The Bertz CT molecular complexity index is 1090. The summed E-state index contributed by atoms with van der Waals surface area (Å²) < 4.78 is 45.6. The van der Waals surface area contributed by atoms with Crippen molar-refractivity contribution in [3.63, 3.8) is 0 Å². The molecule has 0 bridgehead atoms. The number of carbonyl (C=O) groups excluding carboxylic acids is 1. The van der Waals surface area contributed by atoms with Gasteiger partial charge in [0.2, 0.25) is 5.91 Å². The number of rotatable bonds is 7. The highest BCUT2D eigenvalue weighted by molar-refractivity contribution is 7.80. The van der Waals surface area contributed by atoms with E-state index in [2.05, 4.69) is 0 Å². The van der Waals surface area contributed by atoms with Crippen molar-refractivity contribution in [2.24, 2.45) is 11.3 Å². The molecule has 1 aliphatic heterocycles. The van der Waals surface area contributed by atoms with Gasteiger partial charge in [-0.15, -0.1) is 0 Å². The van der Waals surface area contributed by atoms with E-state index in [0.29, 0.717) is 18.6 Å². The Kier molecular flexibility index (Phi) is 7.10. The molecule has 0 aliphatic carbocycles. The maximum atomic E-state index is 13.4. The van der Waals surface area contributed by atoms with Crippen LogP contribution in [-0.2, 0) is 17.4 Å². The molecule has 9 heteroatoms. The van der Waals surface area contributed by atoms with E-state index >= 15 is 0 Å². The van der Waals surface area contributed by atoms with E-state index in [0.717, 1.165) is 17.7 Å². The number of amides is 1. The molecule has 1 fully saturated rings. The molecule has 5 nitrogen and oxygen atoms in total.